The molecular formula is C18H32IN3O2. The van der Waals surface area contributed by atoms with Crippen LogP contribution in [0.15, 0.2) is 4.99 Å². The predicted octanol–water partition coefficient (Wildman–Crippen LogP) is 2.54. The Morgan fingerprint density at radius 3 is 2.62 bits per heavy atom. The van der Waals surface area contributed by atoms with Crippen LogP contribution < -0.4 is 10.6 Å². The minimum atomic E-state index is 0. The molecule has 2 heterocycles. The predicted molar refractivity (Wildman–Crippen MR) is 106 cm³/mol. The van der Waals surface area contributed by atoms with E-state index in [-0.39, 0.29) is 24.0 Å². The topological polar surface area (TPSA) is 54.9 Å². The molecule has 0 aromatic carbocycles. The molecule has 4 rings (SSSR count). The van der Waals surface area contributed by atoms with Crippen molar-refractivity contribution in [3.63, 3.8) is 0 Å². The van der Waals surface area contributed by atoms with Gasteiger partial charge in [0.05, 0.1) is 6.10 Å². The van der Waals surface area contributed by atoms with Crippen molar-refractivity contribution >= 4 is 29.9 Å². The highest BCUT2D eigenvalue weighted by Gasteiger charge is 2.66. The van der Waals surface area contributed by atoms with Gasteiger partial charge in [0, 0.05) is 50.3 Å². The summed E-state index contributed by atoms with van der Waals surface area (Å²) in [6.07, 6.45) is 8.04. The number of hydrogen-bond acceptors (Lipinski definition) is 3. The van der Waals surface area contributed by atoms with Gasteiger partial charge < -0.3 is 20.1 Å². The van der Waals surface area contributed by atoms with Crippen molar-refractivity contribution < 1.29 is 9.47 Å². The van der Waals surface area contributed by atoms with E-state index in [0.29, 0.717) is 29.4 Å². The summed E-state index contributed by atoms with van der Waals surface area (Å²) in [7, 11) is 0. The lowest BCUT2D eigenvalue weighted by molar-refractivity contribution is -0.171. The molecule has 2 N–H and O–H groups in total. The standard InChI is InChI=1S/C18H31N3O2.HI/c1-2-19-17(20-12-13-4-9-22-10-5-13)21-15-14-6-11-23-16(14)18(15)7-3-8-18;/h13-16H,2-12H2,1H3,(H2,19,20,21);1H. The van der Waals surface area contributed by atoms with Crippen molar-refractivity contribution in [3.8, 4) is 0 Å². The Hall–Kier alpha value is -0.0800. The van der Waals surface area contributed by atoms with Crippen LogP contribution in [0, 0.1) is 17.3 Å². The zero-order chi connectivity index (χ0) is 15.7. The van der Waals surface area contributed by atoms with E-state index in [4.69, 9.17) is 14.5 Å². The minimum absolute atomic E-state index is 0. The Balaban J connectivity index is 0.00000169. The number of nitrogens with one attached hydrogen (secondary N) is 2. The Labute approximate surface area is 162 Å². The van der Waals surface area contributed by atoms with Crippen LogP contribution in [0.25, 0.3) is 0 Å². The van der Waals surface area contributed by atoms with Gasteiger partial charge in [0.15, 0.2) is 5.96 Å². The van der Waals surface area contributed by atoms with Crippen LogP contribution in [0.5, 0.6) is 0 Å². The zero-order valence-corrected chi connectivity index (χ0v) is 17.1. The Kier molecular flexibility index (Phi) is 6.30. The van der Waals surface area contributed by atoms with Crippen molar-refractivity contribution in [3.05, 3.63) is 0 Å². The third-order valence-electron chi connectivity index (χ3n) is 6.52. The molecule has 0 bridgehead atoms. The van der Waals surface area contributed by atoms with E-state index in [1.165, 1.54) is 25.7 Å². The fourth-order valence-corrected chi connectivity index (χ4v) is 5.07. The molecule has 2 aliphatic carbocycles. The lowest BCUT2D eigenvalue weighted by Crippen LogP contribution is -2.72. The van der Waals surface area contributed by atoms with E-state index in [1.54, 1.807) is 0 Å². The first-order valence-corrected chi connectivity index (χ1v) is 9.58. The van der Waals surface area contributed by atoms with E-state index in [1.807, 2.05) is 0 Å². The maximum absolute atomic E-state index is 6.02. The van der Waals surface area contributed by atoms with Crippen molar-refractivity contribution in [1.82, 2.24) is 10.6 Å². The molecule has 3 unspecified atom stereocenters. The number of rotatable bonds is 4. The van der Waals surface area contributed by atoms with Gasteiger partial charge in [0.25, 0.3) is 0 Å². The van der Waals surface area contributed by atoms with Crippen molar-refractivity contribution in [1.29, 1.82) is 0 Å². The number of aliphatic imine (C=N–C) groups is 1. The molecular weight excluding hydrogens is 417 g/mol. The molecule has 6 heteroatoms. The van der Waals surface area contributed by atoms with Gasteiger partial charge in [-0.3, -0.25) is 4.99 Å². The lowest BCUT2D eigenvalue weighted by Gasteiger charge is -2.63. The smallest absolute Gasteiger partial charge is 0.191 e. The van der Waals surface area contributed by atoms with Crippen LogP contribution in [0.2, 0.25) is 0 Å². The molecule has 0 aromatic heterocycles. The summed E-state index contributed by atoms with van der Waals surface area (Å²) >= 11 is 0. The molecule has 5 nitrogen and oxygen atoms in total. The second-order valence-electron chi connectivity index (χ2n) is 7.73. The number of hydrogen-bond donors (Lipinski definition) is 2. The molecule has 0 aromatic rings. The minimum Gasteiger partial charge on any atom is -0.381 e. The third kappa shape index (κ3) is 3.30. The van der Waals surface area contributed by atoms with Gasteiger partial charge in [-0.1, -0.05) is 6.42 Å². The monoisotopic (exact) mass is 449 g/mol. The van der Waals surface area contributed by atoms with Gasteiger partial charge in [0.1, 0.15) is 0 Å². The normalized spacial score (nSPS) is 34.7. The average Bonchev–Trinajstić information content (AvgIpc) is 2.94. The van der Waals surface area contributed by atoms with E-state index in [2.05, 4.69) is 17.6 Å². The van der Waals surface area contributed by atoms with Crippen molar-refractivity contribution in [2.24, 2.45) is 22.2 Å². The number of ether oxygens (including phenoxy) is 2. The summed E-state index contributed by atoms with van der Waals surface area (Å²) in [5, 5.41) is 7.24. The first-order valence-electron chi connectivity index (χ1n) is 9.58. The second kappa shape index (κ2) is 8.08. The molecule has 0 amide bonds. The van der Waals surface area contributed by atoms with Gasteiger partial charge in [-0.25, -0.2) is 0 Å². The van der Waals surface area contributed by atoms with E-state index >= 15 is 0 Å². The van der Waals surface area contributed by atoms with E-state index in [0.717, 1.165) is 51.7 Å². The molecule has 1 spiro atoms. The highest BCUT2D eigenvalue weighted by Crippen LogP contribution is 2.62. The van der Waals surface area contributed by atoms with Gasteiger partial charge in [-0.2, -0.15) is 0 Å². The highest BCUT2D eigenvalue weighted by atomic mass is 127. The fraction of sp³-hybridized carbons (Fsp3) is 0.944. The summed E-state index contributed by atoms with van der Waals surface area (Å²) in [6.45, 7) is 6.74. The molecule has 138 valence electrons. The van der Waals surface area contributed by atoms with Crippen molar-refractivity contribution in [2.45, 2.75) is 57.6 Å². The first kappa shape index (κ1) is 18.7. The molecule has 0 radical (unpaired) electrons. The van der Waals surface area contributed by atoms with E-state index < -0.39 is 0 Å². The van der Waals surface area contributed by atoms with E-state index in [9.17, 15) is 0 Å². The average molecular weight is 449 g/mol. The van der Waals surface area contributed by atoms with Crippen LogP contribution in [-0.2, 0) is 9.47 Å². The van der Waals surface area contributed by atoms with Crippen LogP contribution in [0.3, 0.4) is 0 Å². The Morgan fingerprint density at radius 1 is 1.17 bits per heavy atom. The van der Waals surface area contributed by atoms with Crippen LogP contribution >= 0.6 is 24.0 Å². The van der Waals surface area contributed by atoms with Gasteiger partial charge >= 0.3 is 0 Å². The summed E-state index contributed by atoms with van der Waals surface area (Å²) in [5.74, 6) is 2.39. The molecule has 2 saturated carbocycles. The molecule has 4 fully saturated rings. The number of nitrogens with zero attached hydrogens (tertiary/aromatic N) is 1. The summed E-state index contributed by atoms with van der Waals surface area (Å²) in [5.41, 5.74) is 0.413. The first-order chi connectivity index (χ1) is 11.3. The van der Waals surface area contributed by atoms with Gasteiger partial charge in [-0.15, -0.1) is 24.0 Å². The molecule has 2 saturated heterocycles. The third-order valence-corrected chi connectivity index (χ3v) is 6.52. The zero-order valence-electron chi connectivity index (χ0n) is 14.8. The Morgan fingerprint density at radius 2 is 1.96 bits per heavy atom. The van der Waals surface area contributed by atoms with Crippen LogP contribution in [0.1, 0.15) is 45.4 Å². The molecule has 24 heavy (non-hydrogen) atoms. The largest absolute Gasteiger partial charge is 0.381 e. The quantitative estimate of drug-likeness (QED) is 0.394. The Bertz CT molecular complexity index is 450. The number of guanidine groups is 1. The van der Waals surface area contributed by atoms with Crippen LogP contribution in [0.4, 0.5) is 0 Å². The van der Waals surface area contributed by atoms with Gasteiger partial charge in [0.2, 0.25) is 0 Å². The van der Waals surface area contributed by atoms with Crippen LogP contribution in [-0.4, -0.2) is 51.0 Å². The maximum Gasteiger partial charge on any atom is 0.191 e. The van der Waals surface area contributed by atoms with Gasteiger partial charge in [-0.05, 0) is 44.9 Å². The number of halogens is 1. The second-order valence-corrected chi connectivity index (χ2v) is 7.73. The van der Waals surface area contributed by atoms with Crippen molar-refractivity contribution in [2.75, 3.05) is 32.9 Å². The fourth-order valence-electron chi connectivity index (χ4n) is 5.07. The summed E-state index contributed by atoms with van der Waals surface area (Å²) in [6, 6.07) is 0.566. The SMILES string of the molecule is CCNC(=NCC1CCOCC1)NC1C2CCOC2C12CCC2.I. The molecule has 3 atom stereocenters. The maximum atomic E-state index is 6.02. The summed E-state index contributed by atoms with van der Waals surface area (Å²) in [4.78, 5) is 4.90. The number of fused-ring (bicyclic) bond motifs is 2. The summed E-state index contributed by atoms with van der Waals surface area (Å²) < 4.78 is 11.5. The lowest BCUT2D eigenvalue weighted by atomic mass is 9.46. The molecule has 2 aliphatic heterocycles. The highest BCUT2D eigenvalue weighted by molar-refractivity contribution is 14.0. The molecule has 4 aliphatic rings.